The van der Waals surface area contributed by atoms with Crippen molar-refractivity contribution in [2.24, 2.45) is 5.73 Å². The summed E-state index contributed by atoms with van der Waals surface area (Å²) in [6, 6.07) is 9.50. The van der Waals surface area contributed by atoms with Crippen molar-refractivity contribution in [1.82, 2.24) is 4.57 Å². The van der Waals surface area contributed by atoms with Crippen molar-refractivity contribution >= 4 is 22.8 Å². The van der Waals surface area contributed by atoms with E-state index in [1.54, 1.807) is 4.57 Å². The molecule has 0 saturated carbocycles. The molecule has 0 aliphatic heterocycles. The highest BCUT2D eigenvalue weighted by molar-refractivity contribution is 6.07. The molecule has 1 aromatic heterocycles. The van der Waals surface area contributed by atoms with E-state index in [4.69, 9.17) is 10.8 Å². The van der Waals surface area contributed by atoms with E-state index in [2.05, 4.69) is 4.74 Å². The van der Waals surface area contributed by atoms with Crippen LogP contribution in [0.5, 0.6) is 5.75 Å². The molecule has 27 heavy (non-hydrogen) atoms. The van der Waals surface area contributed by atoms with Crippen molar-refractivity contribution in [1.29, 1.82) is 0 Å². The van der Waals surface area contributed by atoms with Crippen LogP contribution in [0.15, 0.2) is 48.7 Å². The number of carbonyl (C=O) groups excluding carboxylic acids is 1. The van der Waals surface area contributed by atoms with Gasteiger partial charge in [-0.2, -0.15) is 0 Å². The molecule has 140 valence electrons. The van der Waals surface area contributed by atoms with Crippen LogP contribution in [0.4, 0.5) is 13.2 Å². The van der Waals surface area contributed by atoms with E-state index < -0.39 is 18.2 Å². The maximum Gasteiger partial charge on any atom is 0.573 e. The SMILES string of the molecule is NC(=O)c1cn(Cc2ccc(OC(F)(F)F)cc2)c2cc(C(=O)O)ccc12. The Bertz CT molecular complexity index is 1020. The number of carboxylic acids is 1. The molecule has 0 aliphatic carbocycles. The first kappa shape index (κ1) is 18.3. The molecule has 0 spiro atoms. The molecule has 3 N–H and O–H groups in total. The number of aromatic nitrogens is 1. The molecular formula is C18H13F3N2O4. The summed E-state index contributed by atoms with van der Waals surface area (Å²) < 4.78 is 42.1. The summed E-state index contributed by atoms with van der Waals surface area (Å²) >= 11 is 0. The first-order chi connectivity index (χ1) is 12.6. The Kier molecular flexibility index (Phi) is 4.52. The molecule has 0 radical (unpaired) electrons. The van der Waals surface area contributed by atoms with Crippen LogP contribution in [-0.4, -0.2) is 27.9 Å². The molecule has 0 unspecified atom stereocenters. The normalized spacial score (nSPS) is 11.5. The third kappa shape index (κ3) is 4.02. The van der Waals surface area contributed by atoms with Gasteiger partial charge in [-0.3, -0.25) is 4.79 Å². The predicted octanol–water partition coefficient (Wildman–Crippen LogP) is 3.39. The van der Waals surface area contributed by atoms with E-state index in [1.165, 1.54) is 48.7 Å². The zero-order valence-electron chi connectivity index (χ0n) is 13.7. The van der Waals surface area contributed by atoms with Crippen molar-refractivity contribution in [3.05, 3.63) is 65.4 Å². The predicted molar refractivity (Wildman–Crippen MR) is 89.6 cm³/mol. The number of alkyl halides is 3. The number of halogens is 3. The number of ether oxygens (including phenoxy) is 1. The lowest BCUT2D eigenvalue weighted by atomic mass is 10.1. The summed E-state index contributed by atoms with van der Waals surface area (Å²) in [5.41, 5.74) is 6.72. The van der Waals surface area contributed by atoms with E-state index in [0.29, 0.717) is 16.5 Å². The van der Waals surface area contributed by atoms with Gasteiger partial charge in [0.1, 0.15) is 5.75 Å². The van der Waals surface area contributed by atoms with Gasteiger partial charge < -0.3 is 20.1 Å². The third-order valence-corrected chi connectivity index (χ3v) is 3.90. The Labute approximate surface area is 150 Å². The van der Waals surface area contributed by atoms with Crippen molar-refractivity contribution < 1.29 is 32.6 Å². The molecule has 0 fully saturated rings. The second-order valence-electron chi connectivity index (χ2n) is 5.76. The molecule has 2 aromatic carbocycles. The standard InChI is InChI=1S/C18H13F3N2O4/c19-18(20,21)27-12-4-1-10(2-5-12)8-23-9-14(16(22)24)13-6-3-11(17(25)26)7-15(13)23/h1-7,9H,8H2,(H2,22,24)(H,25,26). The van der Waals surface area contributed by atoms with Gasteiger partial charge in [0, 0.05) is 23.6 Å². The number of nitrogens with zero attached hydrogens (tertiary/aromatic N) is 1. The van der Waals surface area contributed by atoms with Crippen molar-refractivity contribution in [3.8, 4) is 5.75 Å². The minimum absolute atomic E-state index is 0.0341. The quantitative estimate of drug-likeness (QED) is 0.712. The van der Waals surface area contributed by atoms with Crippen LogP contribution in [0.2, 0.25) is 0 Å². The second-order valence-corrected chi connectivity index (χ2v) is 5.76. The molecule has 0 bridgehead atoms. The van der Waals surface area contributed by atoms with Gasteiger partial charge in [0.15, 0.2) is 0 Å². The molecule has 0 saturated heterocycles. The fraction of sp³-hybridized carbons (Fsp3) is 0.111. The summed E-state index contributed by atoms with van der Waals surface area (Å²) in [5.74, 6) is -2.15. The lowest BCUT2D eigenvalue weighted by Gasteiger charge is -2.10. The second kappa shape index (κ2) is 6.67. The number of rotatable bonds is 5. The van der Waals surface area contributed by atoms with E-state index >= 15 is 0 Å². The summed E-state index contributed by atoms with van der Waals surface area (Å²) in [6.07, 6.45) is -3.29. The van der Waals surface area contributed by atoms with E-state index in [9.17, 15) is 22.8 Å². The van der Waals surface area contributed by atoms with Gasteiger partial charge in [0.05, 0.1) is 11.1 Å². The van der Waals surface area contributed by atoms with Gasteiger partial charge in [-0.1, -0.05) is 18.2 Å². The highest BCUT2D eigenvalue weighted by Gasteiger charge is 2.30. The molecule has 3 rings (SSSR count). The first-order valence-corrected chi connectivity index (χ1v) is 7.65. The lowest BCUT2D eigenvalue weighted by molar-refractivity contribution is -0.274. The smallest absolute Gasteiger partial charge is 0.478 e. The van der Waals surface area contributed by atoms with Gasteiger partial charge in [-0.05, 0) is 29.8 Å². The average molecular weight is 378 g/mol. The monoisotopic (exact) mass is 378 g/mol. The first-order valence-electron chi connectivity index (χ1n) is 7.65. The Morgan fingerprint density at radius 1 is 1.11 bits per heavy atom. The van der Waals surface area contributed by atoms with Gasteiger partial charge in [0.25, 0.3) is 5.91 Å². The van der Waals surface area contributed by atoms with E-state index in [1.807, 2.05) is 0 Å². The van der Waals surface area contributed by atoms with Crippen LogP contribution in [0.25, 0.3) is 10.9 Å². The molecule has 9 heteroatoms. The largest absolute Gasteiger partial charge is 0.573 e. The fourth-order valence-electron chi connectivity index (χ4n) is 2.75. The van der Waals surface area contributed by atoms with Crippen molar-refractivity contribution in [2.45, 2.75) is 12.9 Å². The summed E-state index contributed by atoms with van der Waals surface area (Å²) in [5, 5.41) is 9.65. The molecule has 1 amide bonds. The van der Waals surface area contributed by atoms with Gasteiger partial charge in [-0.25, -0.2) is 4.79 Å². The average Bonchev–Trinajstić information content (AvgIpc) is 2.93. The summed E-state index contributed by atoms with van der Waals surface area (Å²) in [6.45, 7) is 0.194. The zero-order chi connectivity index (χ0) is 19.8. The maximum atomic E-state index is 12.2. The van der Waals surface area contributed by atoms with Gasteiger partial charge in [-0.15, -0.1) is 13.2 Å². The number of primary amides is 1. The molecule has 6 nitrogen and oxygen atoms in total. The minimum Gasteiger partial charge on any atom is -0.478 e. The van der Waals surface area contributed by atoms with Crippen LogP contribution in [0, 0.1) is 0 Å². The molecule has 1 heterocycles. The van der Waals surface area contributed by atoms with E-state index in [-0.39, 0.29) is 23.4 Å². The Morgan fingerprint density at radius 2 is 1.78 bits per heavy atom. The number of benzene rings is 2. The number of aromatic carboxylic acids is 1. The molecular weight excluding hydrogens is 365 g/mol. The van der Waals surface area contributed by atoms with Crippen molar-refractivity contribution in [3.63, 3.8) is 0 Å². The highest BCUT2D eigenvalue weighted by atomic mass is 19.4. The van der Waals surface area contributed by atoms with Crippen LogP contribution < -0.4 is 10.5 Å². The Morgan fingerprint density at radius 3 is 2.33 bits per heavy atom. The van der Waals surface area contributed by atoms with Gasteiger partial charge >= 0.3 is 12.3 Å². The number of carbonyl (C=O) groups is 2. The van der Waals surface area contributed by atoms with Crippen molar-refractivity contribution in [2.75, 3.05) is 0 Å². The number of hydrogen-bond acceptors (Lipinski definition) is 3. The van der Waals surface area contributed by atoms with Crippen LogP contribution >= 0.6 is 0 Å². The van der Waals surface area contributed by atoms with Crippen LogP contribution in [-0.2, 0) is 6.54 Å². The molecule has 0 atom stereocenters. The Balaban J connectivity index is 1.97. The minimum atomic E-state index is -4.78. The highest BCUT2D eigenvalue weighted by Crippen LogP contribution is 2.26. The molecule has 0 aliphatic rings. The van der Waals surface area contributed by atoms with Gasteiger partial charge in [0.2, 0.25) is 0 Å². The lowest BCUT2D eigenvalue weighted by Crippen LogP contribution is -2.17. The number of nitrogens with two attached hydrogens (primary N) is 1. The summed E-state index contributed by atoms with van der Waals surface area (Å²) in [7, 11) is 0. The Hall–Kier alpha value is -3.49. The third-order valence-electron chi connectivity index (χ3n) is 3.90. The number of carboxylic acid groups (broad SMARTS) is 1. The summed E-state index contributed by atoms with van der Waals surface area (Å²) in [4.78, 5) is 22.8. The number of hydrogen-bond donors (Lipinski definition) is 2. The maximum absolute atomic E-state index is 12.2. The zero-order valence-corrected chi connectivity index (χ0v) is 13.7. The van der Waals surface area contributed by atoms with Crippen LogP contribution in [0.3, 0.4) is 0 Å². The topological polar surface area (TPSA) is 94.5 Å². The van der Waals surface area contributed by atoms with E-state index in [0.717, 1.165) is 0 Å². The molecule has 3 aromatic rings. The number of fused-ring (bicyclic) bond motifs is 1. The van der Waals surface area contributed by atoms with Crippen LogP contribution in [0.1, 0.15) is 26.3 Å². The fourth-order valence-corrected chi connectivity index (χ4v) is 2.75. The number of amides is 1.